The molecule has 2 unspecified atom stereocenters. The topological polar surface area (TPSA) is 29.1 Å². The number of carbonyl (C=O) groups excluding carboxylic acids is 1. The predicted molar refractivity (Wildman–Crippen MR) is 93.1 cm³/mol. The maximum Gasteiger partial charge on any atom is 0.234 e. The number of benzene rings is 1. The van der Waals surface area contributed by atoms with Crippen LogP contribution in [0.2, 0.25) is 0 Å². The first-order valence-corrected chi connectivity index (χ1v) is 8.93. The van der Waals surface area contributed by atoms with E-state index in [0.717, 1.165) is 11.3 Å². The molecule has 116 valence electrons. The summed E-state index contributed by atoms with van der Waals surface area (Å²) in [5.41, 5.74) is 2.96. The summed E-state index contributed by atoms with van der Waals surface area (Å²) in [6.45, 7) is 8.49. The van der Waals surface area contributed by atoms with Crippen LogP contribution < -0.4 is 5.32 Å². The number of hydrogen-bond acceptors (Lipinski definition) is 1. The molecule has 0 spiro atoms. The Morgan fingerprint density at radius 2 is 2.00 bits per heavy atom. The fourth-order valence-electron chi connectivity index (χ4n) is 3.06. The second-order valence-corrected chi connectivity index (χ2v) is 7.58. The highest BCUT2D eigenvalue weighted by Crippen LogP contribution is 2.42. The lowest BCUT2D eigenvalue weighted by Crippen LogP contribution is -2.26. The molecule has 0 bridgehead atoms. The standard InChI is InChI=1S/C18H26BrNO/c1-5-7-8-12(6-2)16(19)13-9-10-15-14(11-13)18(3,4)17(21)20-15/h9-12,16H,5-8H2,1-4H3,(H,20,21). The molecular weight excluding hydrogens is 326 g/mol. The van der Waals surface area contributed by atoms with Gasteiger partial charge in [0.1, 0.15) is 0 Å². The van der Waals surface area contributed by atoms with Gasteiger partial charge >= 0.3 is 0 Å². The lowest BCUT2D eigenvalue weighted by atomic mass is 9.83. The van der Waals surface area contributed by atoms with Crippen molar-refractivity contribution in [3.63, 3.8) is 0 Å². The minimum Gasteiger partial charge on any atom is -0.325 e. The molecule has 1 amide bonds. The van der Waals surface area contributed by atoms with Crippen LogP contribution in [0.1, 0.15) is 69.3 Å². The third kappa shape index (κ3) is 3.18. The van der Waals surface area contributed by atoms with Gasteiger partial charge in [-0.05, 0) is 43.4 Å². The first-order valence-electron chi connectivity index (χ1n) is 8.01. The van der Waals surface area contributed by atoms with E-state index in [1.165, 1.54) is 31.2 Å². The first-order chi connectivity index (χ1) is 9.91. The number of nitrogens with one attached hydrogen (secondary N) is 1. The van der Waals surface area contributed by atoms with Crippen LogP contribution in [0, 0.1) is 5.92 Å². The highest BCUT2D eigenvalue weighted by atomic mass is 79.9. The first kappa shape index (κ1) is 16.5. The van der Waals surface area contributed by atoms with E-state index < -0.39 is 5.41 Å². The average molecular weight is 352 g/mol. The van der Waals surface area contributed by atoms with Gasteiger partial charge in [-0.2, -0.15) is 0 Å². The predicted octanol–water partition coefficient (Wildman–Crippen LogP) is 5.57. The quantitative estimate of drug-likeness (QED) is 0.667. The molecule has 1 aromatic rings. The Kier molecular flexibility index (Phi) is 5.13. The molecule has 1 aliphatic heterocycles. The summed E-state index contributed by atoms with van der Waals surface area (Å²) in [6.07, 6.45) is 4.94. The smallest absolute Gasteiger partial charge is 0.234 e. The second-order valence-electron chi connectivity index (χ2n) is 6.60. The lowest BCUT2D eigenvalue weighted by molar-refractivity contribution is -0.119. The molecule has 2 nitrogen and oxygen atoms in total. The van der Waals surface area contributed by atoms with Gasteiger partial charge in [0.25, 0.3) is 0 Å². The molecule has 2 atom stereocenters. The maximum absolute atomic E-state index is 12.0. The molecule has 0 aliphatic carbocycles. The van der Waals surface area contributed by atoms with Gasteiger partial charge < -0.3 is 5.32 Å². The van der Waals surface area contributed by atoms with E-state index in [4.69, 9.17) is 0 Å². The molecule has 21 heavy (non-hydrogen) atoms. The lowest BCUT2D eigenvalue weighted by Gasteiger charge is -2.23. The van der Waals surface area contributed by atoms with Crippen LogP contribution in [0.5, 0.6) is 0 Å². The number of fused-ring (bicyclic) bond motifs is 1. The zero-order chi connectivity index (χ0) is 15.6. The van der Waals surface area contributed by atoms with Crippen molar-refractivity contribution in [2.24, 2.45) is 5.92 Å². The summed E-state index contributed by atoms with van der Waals surface area (Å²) < 4.78 is 0. The Bertz CT molecular complexity index is 524. The SMILES string of the molecule is CCCCC(CC)C(Br)c1ccc2c(c1)C(C)(C)C(=O)N2. The number of hydrogen-bond donors (Lipinski definition) is 1. The third-order valence-corrected chi connectivity index (χ3v) is 5.99. The average Bonchev–Trinajstić information content (AvgIpc) is 2.69. The Hall–Kier alpha value is -0.830. The Morgan fingerprint density at radius 1 is 1.29 bits per heavy atom. The van der Waals surface area contributed by atoms with Gasteiger partial charge in [0, 0.05) is 10.5 Å². The van der Waals surface area contributed by atoms with E-state index in [0.29, 0.717) is 10.7 Å². The summed E-state index contributed by atoms with van der Waals surface area (Å²) >= 11 is 3.90. The monoisotopic (exact) mass is 351 g/mol. The van der Waals surface area contributed by atoms with Crippen LogP contribution in [-0.2, 0) is 10.2 Å². The normalized spacial score (nSPS) is 19.0. The van der Waals surface area contributed by atoms with Gasteiger partial charge in [0.05, 0.1) is 5.41 Å². The van der Waals surface area contributed by atoms with Crippen molar-refractivity contribution in [2.75, 3.05) is 5.32 Å². The van der Waals surface area contributed by atoms with Crippen molar-refractivity contribution in [1.29, 1.82) is 0 Å². The van der Waals surface area contributed by atoms with Crippen molar-refractivity contribution < 1.29 is 4.79 Å². The number of rotatable bonds is 6. The van der Waals surface area contributed by atoms with Gasteiger partial charge in [-0.3, -0.25) is 4.79 Å². The number of halogens is 1. The van der Waals surface area contributed by atoms with Crippen molar-refractivity contribution in [3.8, 4) is 0 Å². The van der Waals surface area contributed by atoms with E-state index in [1.54, 1.807) is 0 Å². The second kappa shape index (κ2) is 6.51. The van der Waals surface area contributed by atoms with E-state index in [1.807, 2.05) is 13.8 Å². The molecule has 0 saturated carbocycles. The molecular formula is C18H26BrNO. The summed E-state index contributed by atoms with van der Waals surface area (Å²) in [5.74, 6) is 0.745. The summed E-state index contributed by atoms with van der Waals surface area (Å²) in [7, 11) is 0. The van der Waals surface area contributed by atoms with Gasteiger partial charge in [0.2, 0.25) is 5.91 Å². The highest BCUT2D eigenvalue weighted by Gasteiger charge is 2.38. The van der Waals surface area contributed by atoms with Gasteiger partial charge in [0.15, 0.2) is 0 Å². The Morgan fingerprint density at radius 3 is 2.62 bits per heavy atom. The fraction of sp³-hybridized carbons (Fsp3) is 0.611. The maximum atomic E-state index is 12.0. The summed E-state index contributed by atoms with van der Waals surface area (Å²) in [6, 6.07) is 6.41. The molecule has 0 saturated heterocycles. The Labute approximate surface area is 136 Å². The van der Waals surface area contributed by atoms with E-state index in [9.17, 15) is 4.79 Å². The number of unbranched alkanes of at least 4 members (excludes halogenated alkanes) is 1. The fourth-order valence-corrected chi connectivity index (χ4v) is 3.98. The molecule has 2 rings (SSSR count). The molecule has 1 aliphatic rings. The minimum absolute atomic E-state index is 0.0961. The molecule has 1 aromatic carbocycles. The number of amides is 1. The zero-order valence-electron chi connectivity index (χ0n) is 13.5. The van der Waals surface area contributed by atoms with Crippen molar-refractivity contribution in [1.82, 2.24) is 0 Å². The third-order valence-electron chi connectivity index (χ3n) is 4.72. The van der Waals surface area contributed by atoms with Gasteiger partial charge in [-0.1, -0.05) is 61.2 Å². The van der Waals surface area contributed by atoms with Crippen LogP contribution in [-0.4, -0.2) is 5.91 Å². The van der Waals surface area contributed by atoms with E-state index in [2.05, 4.69) is 53.3 Å². The van der Waals surface area contributed by atoms with Crippen LogP contribution in [0.15, 0.2) is 18.2 Å². The van der Waals surface area contributed by atoms with Crippen LogP contribution in [0.25, 0.3) is 0 Å². The Balaban J connectivity index is 2.26. The van der Waals surface area contributed by atoms with E-state index in [-0.39, 0.29) is 5.91 Å². The van der Waals surface area contributed by atoms with Crippen LogP contribution in [0.4, 0.5) is 5.69 Å². The highest BCUT2D eigenvalue weighted by molar-refractivity contribution is 9.09. The van der Waals surface area contributed by atoms with Crippen molar-refractivity contribution in [2.45, 2.75) is 63.6 Å². The number of alkyl halides is 1. The van der Waals surface area contributed by atoms with Gasteiger partial charge in [-0.15, -0.1) is 0 Å². The van der Waals surface area contributed by atoms with Crippen LogP contribution in [0.3, 0.4) is 0 Å². The molecule has 1 N–H and O–H groups in total. The van der Waals surface area contributed by atoms with E-state index >= 15 is 0 Å². The van der Waals surface area contributed by atoms with Gasteiger partial charge in [-0.25, -0.2) is 0 Å². The van der Waals surface area contributed by atoms with Crippen molar-refractivity contribution in [3.05, 3.63) is 29.3 Å². The van der Waals surface area contributed by atoms with Crippen LogP contribution >= 0.6 is 15.9 Å². The van der Waals surface area contributed by atoms with Crippen molar-refractivity contribution >= 4 is 27.5 Å². The molecule has 0 radical (unpaired) electrons. The molecule has 1 heterocycles. The minimum atomic E-state index is -0.427. The summed E-state index contributed by atoms with van der Waals surface area (Å²) in [5, 5.41) is 2.98. The number of anilines is 1. The summed E-state index contributed by atoms with van der Waals surface area (Å²) in [4.78, 5) is 12.4. The molecule has 0 aromatic heterocycles. The molecule has 3 heteroatoms. The largest absolute Gasteiger partial charge is 0.325 e. The number of carbonyl (C=O) groups is 1. The molecule has 0 fully saturated rings. The zero-order valence-corrected chi connectivity index (χ0v) is 15.1.